The van der Waals surface area contributed by atoms with Crippen molar-refractivity contribution in [1.82, 2.24) is 29.7 Å². The van der Waals surface area contributed by atoms with Crippen LogP contribution in [-0.4, -0.2) is 29.7 Å². The quantitative estimate of drug-likeness (QED) is 0.429. The molecule has 0 radical (unpaired) electrons. The highest BCUT2D eigenvalue weighted by Gasteiger charge is 2.20. The summed E-state index contributed by atoms with van der Waals surface area (Å²) in [5.74, 6) is 0. The first-order chi connectivity index (χ1) is 15.4. The van der Waals surface area contributed by atoms with E-state index in [0.717, 1.165) is 11.1 Å². The summed E-state index contributed by atoms with van der Waals surface area (Å²) in [7, 11) is 0. The summed E-state index contributed by atoms with van der Waals surface area (Å²) in [5.41, 5.74) is 2.30. The smallest absolute Gasteiger partial charge is 0.285 e. The Balaban J connectivity index is 1.84. The standard InChI is InChI=1S/C23H17N7O2/c1-23(2,12-24)14-3-5-15(6-4-14)30-20-16(21(31)29-22(30)32)11-25-18-8-7-17(28-19(18)20)13-9-26-27-10-13/h3-11H,1-2H3,(H,26,27)(H,29,31,32). The molecule has 4 aromatic heterocycles. The number of nitrogens with one attached hydrogen (secondary N) is 2. The molecule has 4 heterocycles. The zero-order chi connectivity index (χ0) is 22.5. The monoisotopic (exact) mass is 423 g/mol. The van der Waals surface area contributed by atoms with Crippen LogP contribution >= 0.6 is 0 Å². The van der Waals surface area contributed by atoms with Gasteiger partial charge in [0.1, 0.15) is 5.52 Å². The number of benzene rings is 1. The summed E-state index contributed by atoms with van der Waals surface area (Å²) in [4.78, 5) is 36.9. The molecule has 0 unspecified atom stereocenters. The van der Waals surface area contributed by atoms with Crippen molar-refractivity contribution in [3.63, 3.8) is 0 Å². The first-order valence-corrected chi connectivity index (χ1v) is 9.85. The highest BCUT2D eigenvalue weighted by atomic mass is 16.2. The van der Waals surface area contributed by atoms with Crippen molar-refractivity contribution in [2.45, 2.75) is 19.3 Å². The maximum atomic E-state index is 12.9. The molecule has 0 spiro atoms. The van der Waals surface area contributed by atoms with Gasteiger partial charge in [-0.1, -0.05) is 12.1 Å². The number of hydrogen-bond acceptors (Lipinski definition) is 6. The van der Waals surface area contributed by atoms with Crippen LogP contribution in [0.25, 0.3) is 38.9 Å². The lowest BCUT2D eigenvalue weighted by molar-refractivity contribution is 0.686. The largest absolute Gasteiger partial charge is 0.333 e. The fourth-order valence-electron chi connectivity index (χ4n) is 3.66. The third-order valence-electron chi connectivity index (χ3n) is 5.50. The van der Waals surface area contributed by atoms with Crippen LogP contribution in [0.2, 0.25) is 0 Å². The number of hydrogen-bond donors (Lipinski definition) is 2. The van der Waals surface area contributed by atoms with Crippen LogP contribution in [0.4, 0.5) is 0 Å². The minimum absolute atomic E-state index is 0.246. The van der Waals surface area contributed by atoms with Crippen LogP contribution in [-0.2, 0) is 5.41 Å². The van der Waals surface area contributed by atoms with Crippen molar-refractivity contribution in [2.24, 2.45) is 0 Å². The SMILES string of the molecule is CC(C)(C#N)c1ccc(-n2c(=O)[nH]c(=O)c3cnc4ccc(-c5cn[nH]c5)nc4c32)cc1. The van der Waals surface area contributed by atoms with Crippen molar-refractivity contribution in [2.75, 3.05) is 0 Å². The first kappa shape index (κ1) is 19.4. The van der Waals surface area contributed by atoms with Gasteiger partial charge in [-0.2, -0.15) is 10.4 Å². The fraction of sp³-hybridized carbons (Fsp3) is 0.130. The average Bonchev–Trinajstić information content (AvgIpc) is 3.34. The molecule has 0 aliphatic carbocycles. The van der Waals surface area contributed by atoms with Gasteiger partial charge in [-0.25, -0.2) is 9.78 Å². The molecular formula is C23H17N7O2. The Bertz CT molecular complexity index is 1640. The molecule has 9 nitrogen and oxygen atoms in total. The van der Waals surface area contributed by atoms with Gasteiger partial charge in [-0.3, -0.25) is 24.4 Å². The minimum atomic E-state index is -0.672. The summed E-state index contributed by atoms with van der Waals surface area (Å²) in [6.07, 6.45) is 4.80. The third-order valence-corrected chi connectivity index (χ3v) is 5.50. The van der Waals surface area contributed by atoms with E-state index in [-0.39, 0.29) is 5.39 Å². The zero-order valence-corrected chi connectivity index (χ0v) is 17.2. The van der Waals surface area contributed by atoms with Gasteiger partial charge >= 0.3 is 5.69 Å². The second kappa shape index (κ2) is 6.99. The van der Waals surface area contributed by atoms with E-state index in [1.807, 2.05) is 13.8 Å². The predicted octanol–water partition coefficient (Wildman–Crippen LogP) is 2.81. The number of nitriles is 1. The van der Waals surface area contributed by atoms with Crippen molar-refractivity contribution < 1.29 is 0 Å². The topological polar surface area (TPSA) is 133 Å². The Labute approximate surface area is 181 Å². The van der Waals surface area contributed by atoms with E-state index in [1.165, 1.54) is 10.8 Å². The highest BCUT2D eigenvalue weighted by Crippen LogP contribution is 2.27. The Hall–Kier alpha value is -4.58. The van der Waals surface area contributed by atoms with Crippen LogP contribution in [0.5, 0.6) is 0 Å². The molecule has 0 atom stereocenters. The second-order valence-corrected chi connectivity index (χ2v) is 7.95. The van der Waals surface area contributed by atoms with Gasteiger partial charge in [0.05, 0.1) is 45.5 Å². The normalized spacial score (nSPS) is 11.7. The first-order valence-electron chi connectivity index (χ1n) is 9.85. The van der Waals surface area contributed by atoms with Gasteiger partial charge in [0, 0.05) is 18.0 Å². The second-order valence-electron chi connectivity index (χ2n) is 7.95. The fourth-order valence-corrected chi connectivity index (χ4v) is 3.66. The van der Waals surface area contributed by atoms with E-state index in [9.17, 15) is 14.9 Å². The lowest BCUT2D eigenvalue weighted by Gasteiger charge is -2.17. The van der Waals surface area contributed by atoms with Crippen molar-refractivity contribution in [1.29, 1.82) is 5.26 Å². The Kier molecular flexibility index (Phi) is 4.23. The number of nitrogens with zero attached hydrogens (tertiary/aromatic N) is 5. The molecule has 0 amide bonds. The van der Waals surface area contributed by atoms with Crippen LogP contribution < -0.4 is 11.2 Å². The number of rotatable bonds is 3. The van der Waals surface area contributed by atoms with Crippen LogP contribution in [0.15, 0.2) is 64.6 Å². The molecule has 0 saturated carbocycles. The number of aromatic nitrogens is 6. The average molecular weight is 423 g/mol. The maximum Gasteiger partial charge on any atom is 0.333 e. The van der Waals surface area contributed by atoms with Gasteiger partial charge < -0.3 is 0 Å². The van der Waals surface area contributed by atoms with Crippen molar-refractivity contribution >= 4 is 21.9 Å². The lowest BCUT2D eigenvalue weighted by atomic mass is 9.86. The molecule has 0 bridgehead atoms. The van der Waals surface area contributed by atoms with E-state index < -0.39 is 16.7 Å². The number of fused-ring (bicyclic) bond motifs is 3. The van der Waals surface area contributed by atoms with E-state index >= 15 is 0 Å². The van der Waals surface area contributed by atoms with Crippen molar-refractivity contribution in [3.8, 4) is 23.0 Å². The van der Waals surface area contributed by atoms with E-state index in [2.05, 4.69) is 26.2 Å². The summed E-state index contributed by atoms with van der Waals surface area (Å²) in [6.45, 7) is 3.65. The summed E-state index contributed by atoms with van der Waals surface area (Å²) < 4.78 is 1.41. The molecule has 0 aliphatic heterocycles. The van der Waals surface area contributed by atoms with Gasteiger partial charge in [0.2, 0.25) is 0 Å². The minimum Gasteiger partial charge on any atom is -0.285 e. The Morgan fingerprint density at radius 3 is 2.53 bits per heavy atom. The van der Waals surface area contributed by atoms with Crippen LogP contribution in [0.1, 0.15) is 19.4 Å². The van der Waals surface area contributed by atoms with Crippen LogP contribution in [0, 0.1) is 11.3 Å². The highest BCUT2D eigenvalue weighted by molar-refractivity contribution is 6.01. The molecule has 5 rings (SSSR count). The molecule has 32 heavy (non-hydrogen) atoms. The number of aromatic amines is 2. The van der Waals surface area contributed by atoms with Gasteiger partial charge in [0.25, 0.3) is 5.56 Å². The molecule has 2 N–H and O–H groups in total. The van der Waals surface area contributed by atoms with E-state index in [0.29, 0.717) is 27.9 Å². The van der Waals surface area contributed by atoms with Crippen molar-refractivity contribution in [3.05, 3.63) is 81.4 Å². The number of H-pyrrole nitrogens is 2. The van der Waals surface area contributed by atoms with E-state index in [1.54, 1.807) is 48.8 Å². The van der Waals surface area contributed by atoms with Gasteiger partial charge in [0.15, 0.2) is 0 Å². The third kappa shape index (κ3) is 2.97. The molecule has 0 saturated heterocycles. The maximum absolute atomic E-state index is 12.9. The molecule has 5 aromatic rings. The summed E-state index contributed by atoms with van der Waals surface area (Å²) in [6, 6.07) is 13.0. The molecule has 0 fully saturated rings. The summed E-state index contributed by atoms with van der Waals surface area (Å²) in [5, 5.41) is 16.4. The van der Waals surface area contributed by atoms with Gasteiger partial charge in [-0.15, -0.1) is 0 Å². The Morgan fingerprint density at radius 2 is 1.84 bits per heavy atom. The molecule has 156 valence electrons. The predicted molar refractivity (Wildman–Crippen MR) is 119 cm³/mol. The zero-order valence-electron chi connectivity index (χ0n) is 17.2. The number of pyridine rings is 2. The van der Waals surface area contributed by atoms with E-state index in [4.69, 9.17) is 4.98 Å². The lowest BCUT2D eigenvalue weighted by Crippen LogP contribution is -2.29. The Morgan fingerprint density at radius 1 is 1.06 bits per heavy atom. The molecule has 1 aromatic carbocycles. The molecule has 9 heteroatoms. The summed E-state index contributed by atoms with van der Waals surface area (Å²) >= 11 is 0. The van der Waals surface area contributed by atoms with Gasteiger partial charge in [-0.05, 0) is 43.7 Å². The van der Waals surface area contributed by atoms with Crippen LogP contribution in [0.3, 0.4) is 0 Å². The molecule has 0 aliphatic rings. The molecular weight excluding hydrogens is 406 g/mol.